The second kappa shape index (κ2) is 47.1. The number of carbonyl (C=O) groups is 3. The Hall–Kier alpha value is -1.59. The first-order valence-electron chi connectivity index (χ1n) is 25.5. The minimum Gasteiger partial charge on any atom is -0.462 e. The van der Waals surface area contributed by atoms with Crippen LogP contribution in [0.3, 0.4) is 0 Å². The summed E-state index contributed by atoms with van der Waals surface area (Å²) in [6.07, 6.45) is 49.8. The van der Waals surface area contributed by atoms with E-state index in [0.29, 0.717) is 19.3 Å². The second-order valence-electron chi connectivity index (χ2n) is 17.5. The van der Waals surface area contributed by atoms with Crippen LogP contribution >= 0.6 is 0 Å². The van der Waals surface area contributed by atoms with Gasteiger partial charge in [0.2, 0.25) is 0 Å². The third-order valence-corrected chi connectivity index (χ3v) is 11.6. The van der Waals surface area contributed by atoms with E-state index in [4.69, 9.17) is 14.2 Å². The Kier molecular flexibility index (Phi) is 45.8. The third kappa shape index (κ3) is 45.3. The van der Waals surface area contributed by atoms with Gasteiger partial charge in [0.05, 0.1) is 0 Å². The molecule has 6 heteroatoms. The van der Waals surface area contributed by atoms with Gasteiger partial charge >= 0.3 is 17.9 Å². The molecule has 0 N–H and O–H groups in total. The van der Waals surface area contributed by atoms with Crippen LogP contribution in [0.15, 0.2) is 0 Å². The van der Waals surface area contributed by atoms with E-state index in [0.717, 1.165) is 64.2 Å². The van der Waals surface area contributed by atoms with Gasteiger partial charge in [-0.2, -0.15) is 0 Å². The first-order chi connectivity index (χ1) is 28.0. The number of rotatable bonds is 47. The van der Waals surface area contributed by atoms with Crippen LogP contribution < -0.4 is 0 Å². The van der Waals surface area contributed by atoms with Gasteiger partial charge in [-0.25, -0.2) is 0 Å². The monoisotopic (exact) mass is 807 g/mol. The normalized spacial score (nSPS) is 11.8. The Bertz CT molecular complexity index is 844. The van der Waals surface area contributed by atoms with Gasteiger partial charge in [-0.05, 0) is 19.3 Å². The van der Waals surface area contributed by atoms with Crippen molar-refractivity contribution in [1.82, 2.24) is 0 Å². The molecule has 0 fully saturated rings. The smallest absolute Gasteiger partial charge is 0.306 e. The molecule has 0 rings (SSSR count). The highest BCUT2D eigenvalue weighted by Gasteiger charge is 2.19. The summed E-state index contributed by atoms with van der Waals surface area (Å²) in [6, 6.07) is 0. The zero-order chi connectivity index (χ0) is 41.5. The molecule has 0 aliphatic rings. The first kappa shape index (κ1) is 55.4. The van der Waals surface area contributed by atoms with Crippen LogP contribution in [0.5, 0.6) is 0 Å². The predicted octanol–water partition coefficient (Wildman–Crippen LogP) is 16.4. The maximum atomic E-state index is 12.6. The third-order valence-electron chi connectivity index (χ3n) is 11.6. The lowest BCUT2D eigenvalue weighted by Gasteiger charge is -2.18. The van der Waals surface area contributed by atoms with Crippen molar-refractivity contribution >= 4 is 17.9 Å². The molecule has 338 valence electrons. The molecule has 0 aliphatic carbocycles. The number of hydrogen-bond acceptors (Lipinski definition) is 6. The summed E-state index contributed by atoms with van der Waals surface area (Å²) >= 11 is 0. The summed E-state index contributed by atoms with van der Waals surface area (Å²) in [5.74, 6) is -0.859. The van der Waals surface area contributed by atoms with Crippen molar-refractivity contribution in [3.8, 4) is 0 Å². The highest BCUT2D eigenvalue weighted by Crippen LogP contribution is 2.17. The van der Waals surface area contributed by atoms with Crippen LogP contribution in [-0.4, -0.2) is 37.2 Å². The number of carbonyl (C=O) groups excluding carboxylic acids is 3. The summed E-state index contributed by atoms with van der Waals surface area (Å²) in [6.45, 7) is 6.60. The van der Waals surface area contributed by atoms with E-state index >= 15 is 0 Å². The standard InChI is InChI=1S/C51H98O6/c1-4-7-10-13-15-17-19-21-23-25-26-28-30-32-34-36-39-41-44-50(53)56-47-48(57-51(54)45-42-37-12-9-6-3)46-55-49(52)43-40-38-35-33-31-29-27-24-22-20-18-16-14-11-8-5-2/h48H,4-47H2,1-3H3/t48-/m1/s1. The van der Waals surface area contributed by atoms with Gasteiger partial charge in [-0.1, -0.05) is 252 Å². The molecular weight excluding hydrogens is 709 g/mol. The molecule has 0 spiro atoms. The van der Waals surface area contributed by atoms with E-state index in [1.807, 2.05) is 0 Å². The average Bonchev–Trinajstić information content (AvgIpc) is 3.21. The number of unbranched alkanes of at least 4 members (excludes halogenated alkanes) is 36. The van der Waals surface area contributed by atoms with E-state index in [9.17, 15) is 14.4 Å². The second-order valence-corrected chi connectivity index (χ2v) is 17.5. The van der Waals surface area contributed by atoms with Gasteiger partial charge in [-0.15, -0.1) is 0 Å². The van der Waals surface area contributed by atoms with Crippen molar-refractivity contribution in [1.29, 1.82) is 0 Å². The van der Waals surface area contributed by atoms with Crippen molar-refractivity contribution < 1.29 is 28.6 Å². The Morgan fingerprint density at radius 2 is 0.474 bits per heavy atom. The molecule has 57 heavy (non-hydrogen) atoms. The lowest BCUT2D eigenvalue weighted by molar-refractivity contribution is -0.167. The fraction of sp³-hybridized carbons (Fsp3) is 0.941. The number of hydrogen-bond donors (Lipinski definition) is 0. The maximum Gasteiger partial charge on any atom is 0.306 e. The summed E-state index contributed by atoms with van der Waals surface area (Å²) in [4.78, 5) is 37.6. The fourth-order valence-electron chi connectivity index (χ4n) is 7.74. The molecule has 0 amide bonds. The van der Waals surface area contributed by atoms with Crippen LogP contribution in [0.1, 0.15) is 290 Å². The molecule has 0 unspecified atom stereocenters. The quantitative estimate of drug-likeness (QED) is 0.0346. The van der Waals surface area contributed by atoms with E-state index in [-0.39, 0.29) is 31.1 Å². The van der Waals surface area contributed by atoms with E-state index < -0.39 is 6.10 Å². The molecule has 0 aromatic heterocycles. The highest BCUT2D eigenvalue weighted by atomic mass is 16.6. The SMILES string of the molecule is CCCCCCCCCCCCCCCCCCCCC(=O)OC[C@@H](COC(=O)CCCCCCCCCCCCCCCCCC)OC(=O)CCCCCCC. The summed E-state index contributed by atoms with van der Waals surface area (Å²) in [5, 5.41) is 0. The largest absolute Gasteiger partial charge is 0.462 e. The molecule has 6 nitrogen and oxygen atoms in total. The summed E-state index contributed by atoms with van der Waals surface area (Å²) in [5.41, 5.74) is 0. The summed E-state index contributed by atoms with van der Waals surface area (Å²) in [7, 11) is 0. The Morgan fingerprint density at radius 1 is 0.281 bits per heavy atom. The van der Waals surface area contributed by atoms with Crippen LogP contribution in [0.4, 0.5) is 0 Å². The molecule has 0 radical (unpaired) electrons. The van der Waals surface area contributed by atoms with E-state index in [1.54, 1.807) is 0 Å². The fourth-order valence-corrected chi connectivity index (χ4v) is 7.74. The van der Waals surface area contributed by atoms with Crippen molar-refractivity contribution in [2.75, 3.05) is 13.2 Å². The molecular formula is C51H98O6. The van der Waals surface area contributed by atoms with Crippen LogP contribution in [0.2, 0.25) is 0 Å². The van der Waals surface area contributed by atoms with Gasteiger partial charge < -0.3 is 14.2 Å². The lowest BCUT2D eigenvalue weighted by Crippen LogP contribution is -2.30. The van der Waals surface area contributed by atoms with Crippen molar-refractivity contribution in [2.24, 2.45) is 0 Å². The minimum absolute atomic E-state index is 0.0637. The van der Waals surface area contributed by atoms with Crippen LogP contribution in [0, 0.1) is 0 Å². The average molecular weight is 807 g/mol. The molecule has 0 saturated carbocycles. The highest BCUT2D eigenvalue weighted by molar-refractivity contribution is 5.71. The van der Waals surface area contributed by atoms with Gasteiger partial charge in [-0.3, -0.25) is 14.4 Å². The molecule has 0 aliphatic heterocycles. The zero-order valence-electron chi connectivity index (χ0n) is 38.6. The van der Waals surface area contributed by atoms with Crippen molar-refractivity contribution in [3.05, 3.63) is 0 Å². The van der Waals surface area contributed by atoms with Gasteiger partial charge in [0, 0.05) is 19.3 Å². The maximum absolute atomic E-state index is 12.6. The predicted molar refractivity (Wildman–Crippen MR) is 243 cm³/mol. The minimum atomic E-state index is -0.757. The Balaban J connectivity index is 4.05. The van der Waals surface area contributed by atoms with Crippen molar-refractivity contribution in [3.63, 3.8) is 0 Å². The molecule has 0 bridgehead atoms. The lowest BCUT2D eigenvalue weighted by atomic mass is 10.0. The van der Waals surface area contributed by atoms with E-state index in [1.165, 1.54) is 186 Å². The molecule has 0 saturated heterocycles. The first-order valence-corrected chi connectivity index (χ1v) is 25.5. The van der Waals surface area contributed by atoms with E-state index in [2.05, 4.69) is 20.8 Å². The molecule has 0 heterocycles. The topological polar surface area (TPSA) is 78.9 Å². The Labute approximate surface area is 355 Å². The van der Waals surface area contributed by atoms with Crippen LogP contribution in [0.25, 0.3) is 0 Å². The molecule has 0 aromatic carbocycles. The number of esters is 3. The Morgan fingerprint density at radius 3 is 0.702 bits per heavy atom. The zero-order valence-corrected chi connectivity index (χ0v) is 38.6. The summed E-state index contributed by atoms with van der Waals surface area (Å²) < 4.78 is 16.7. The van der Waals surface area contributed by atoms with Gasteiger partial charge in [0.1, 0.15) is 13.2 Å². The molecule has 1 atom stereocenters. The van der Waals surface area contributed by atoms with Crippen LogP contribution in [-0.2, 0) is 28.6 Å². The molecule has 0 aromatic rings. The van der Waals surface area contributed by atoms with Gasteiger partial charge in [0.15, 0.2) is 6.10 Å². The van der Waals surface area contributed by atoms with Crippen molar-refractivity contribution in [2.45, 2.75) is 297 Å². The number of ether oxygens (including phenoxy) is 3. The van der Waals surface area contributed by atoms with Gasteiger partial charge in [0.25, 0.3) is 0 Å².